The highest BCUT2D eigenvalue weighted by Crippen LogP contribution is 2.37. The van der Waals surface area contributed by atoms with E-state index in [0.29, 0.717) is 25.0 Å². The van der Waals surface area contributed by atoms with Crippen LogP contribution in [0.2, 0.25) is 0 Å². The summed E-state index contributed by atoms with van der Waals surface area (Å²) in [7, 11) is 0. The van der Waals surface area contributed by atoms with Crippen LogP contribution in [0, 0.1) is 0 Å². The van der Waals surface area contributed by atoms with E-state index in [2.05, 4.69) is 117 Å². The molecule has 0 amide bonds. The first-order chi connectivity index (χ1) is 20.7. The molecular formula is C39H42O3. The molecule has 0 heterocycles. The first-order valence-corrected chi connectivity index (χ1v) is 15.7. The number of hydrogen-bond acceptors (Lipinski definition) is 3. The first-order valence-electron chi connectivity index (χ1n) is 15.7. The first kappa shape index (κ1) is 28.3. The summed E-state index contributed by atoms with van der Waals surface area (Å²) in [5, 5.41) is 4.61. The van der Waals surface area contributed by atoms with Crippen molar-refractivity contribution in [2.24, 2.45) is 0 Å². The summed E-state index contributed by atoms with van der Waals surface area (Å²) in [6, 6.07) is 36.4. The van der Waals surface area contributed by atoms with Crippen molar-refractivity contribution < 1.29 is 14.2 Å². The van der Waals surface area contributed by atoms with Gasteiger partial charge in [0.1, 0.15) is 18.1 Å². The maximum absolute atomic E-state index is 6.64. The molecule has 1 aliphatic carbocycles. The molecule has 2 unspecified atom stereocenters. The molecule has 2 atom stereocenters. The van der Waals surface area contributed by atoms with Crippen LogP contribution in [-0.2, 0) is 4.74 Å². The van der Waals surface area contributed by atoms with Gasteiger partial charge in [-0.05, 0) is 94.1 Å². The number of fused-ring (bicyclic) bond motifs is 2. The minimum absolute atomic E-state index is 0.400. The summed E-state index contributed by atoms with van der Waals surface area (Å²) >= 11 is 0. The zero-order chi connectivity index (χ0) is 28.7. The molecule has 1 saturated carbocycles. The Hall–Kier alpha value is -3.82. The van der Waals surface area contributed by atoms with Crippen molar-refractivity contribution in [1.82, 2.24) is 0 Å². The van der Waals surface area contributed by atoms with Gasteiger partial charge in [0.25, 0.3) is 0 Å². The second-order valence-electron chi connectivity index (χ2n) is 11.7. The van der Waals surface area contributed by atoms with Crippen molar-refractivity contribution in [2.75, 3.05) is 13.2 Å². The fraction of sp³-hybridized carbons (Fsp3) is 0.333. The van der Waals surface area contributed by atoms with Crippen LogP contribution in [0.5, 0.6) is 11.5 Å². The summed E-state index contributed by atoms with van der Waals surface area (Å²) < 4.78 is 19.3. The van der Waals surface area contributed by atoms with E-state index >= 15 is 0 Å². The van der Waals surface area contributed by atoms with Crippen LogP contribution in [0.3, 0.4) is 0 Å². The molecule has 0 bridgehead atoms. The Morgan fingerprint density at radius 2 is 1.31 bits per heavy atom. The van der Waals surface area contributed by atoms with Gasteiger partial charge < -0.3 is 14.2 Å². The average Bonchev–Trinajstić information content (AvgIpc) is 3.05. The van der Waals surface area contributed by atoms with E-state index in [0.717, 1.165) is 34.3 Å². The summed E-state index contributed by atoms with van der Waals surface area (Å²) in [5.74, 6) is 2.89. The van der Waals surface area contributed by atoms with Gasteiger partial charge >= 0.3 is 0 Å². The Bertz CT molecular complexity index is 1530. The van der Waals surface area contributed by atoms with Gasteiger partial charge in [-0.1, -0.05) is 106 Å². The van der Waals surface area contributed by atoms with Gasteiger partial charge in [-0.15, -0.1) is 0 Å². The van der Waals surface area contributed by atoms with E-state index < -0.39 is 6.29 Å². The Morgan fingerprint density at radius 3 is 1.95 bits per heavy atom. The molecule has 1 fully saturated rings. The fourth-order valence-electron chi connectivity index (χ4n) is 6.30. The van der Waals surface area contributed by atoms with Crippen molar-refractivity contribution in [3.05, 3.63) is 120 Å². The van der Waals surface area contributed by atoms with Gasteiger partial charge in [0.15, 0.2) is 0 Å². The SMILES string of the molecule is CCC(C)c1ccc(OC(OCCOc2ccc(C3CCCCC3)cc2)c2c3ccccc3cc3ccccc23)cc1. The Kier molecular flexibility index (Phi) is 9.06. The van der Waals surface area contributed by atoms with Gasteiger partial charge in [0.2, 0.25) is 6.29 Å². The van der Waals surface area contributed by atoms with Crippen molar-refractivity contribution in [3.8, 4) is 11.5 Å². The molecule has 0 aliphatic heterocycles. The minimum Gasteiger partial charge on any atom is -0.491 e. The third kappa shape index (κ3) is 6.47. The number of rotatable bonds is 11. The van der Waals surface area contributed by atoms with Gasteiger partial charge in [0, 0.05) is 5.56 Å². The van der Waals surface area contributed by atoms with Crippen LogP contribution < -0.4 is 9.47 Å². The van der Waals surface area contributed by atoms with Crippen LogP contribution in [0.15, 0.2) is 103 Å². The Labute approximate surface area is 250 Å². The van der Waals surface area contributed by atoms with Crippen molar-refractivity contribution >= 4 is 21.5 Å². The van der Waals surface area contributed by atoms with Gasteiger partial charge in [0.05, 0.1) is 6.61 Å². The molecule has 6 rings (SSSR count). The van der Waals surface area contributed by atoms with Gasteiger partial charge in [-0.25, -0.2) is 0 Å². The molecule has 0 spiro atoms. The number of ether oxygens (including phenoxy) is 3. The normalized spacial score (nSPS) is 15.5. The lowest BCUT2D eigenvalue weighted by Gasteiger charge is -2.24. The molecule has 0 saturated heterocycles. The van der Waals surface area contributed by atoms with E-state index in [9.17, 15) is 0 Å². The third-order valence-corrected chi connectivity index (χ3v) is 8.93. The standard InChI is InChI=1S/C39H42O3/c1-3-28(2)29-17-23-35(24-18-29)42-39(38-36-15-9-7-13-32(36)27-33-14-8-10-16-37(33)38)41-26-25-40-34-21-19-31(20-22-34)30-11-5-4-6-12-30/h7-10,13-24,27-28,30,39H,3-6,11-12,25-26H2,1-2H3. The fourth-order valence-corrected chi connectivity index (χ4v) is 6.30. The second kappa shape index (κ2) is 13.4. The molecule has 3 nitrogen and oxygen atoms in total. The van der Waals surface area contributed by atoms with E-state index in [1.54, 1.807) is 0 Å². The number of benzene rings is 5. The maximum atomic E-state index is 6.64. The molecule has 0 N–H and O–H groups in total. The highest BCUT2D eigenvalue weighted by atomic mass is 16.7. The van der Waals surface area contributed by atoms with Crippen LogP contribution >= 0.6 is 0 Å². The molecule has 5 aromatic rings. The summed E-state index contributed by atoms with van der Waals surface area (Å²) in [5.41, 5.74) is 3.81. The van der Waals surface area contributed by atoms with Gasteiger partial charge in [-0.3, -0.25) is 0 Å². The van der Waals surface area contributed by atoms with Crippen LogP contribution in [0.25, 0.3) is 21.5 Å². The molecule has 42 heavy (non-hydrogen) atoms. The van der Waals surface area contributed by atoms with Crippen LogP contribution in [0.1, 0.15) is 87.2 Å². The average molecular weight is 559 g/mol. The summed E-state index contributed by atoms with van der Waals surface area (Å²) in [4.78, 5) is 0. The van der Waals surface area contributed by atoms with Crippen LogP contribution in [-0.4, -0.2) is 13.2 Å². The second-order valence-corrected chi connectivity index (χ2v) is 11.7. The minimum atomic E-state index is -0.590. The zero-order valence-corrected chi connectivity index (χ0v) is 24.9. The monoisotopic (exact) mass is 558 g/mol. The molecule has 216 valence electrons. The molecule has 3 heteroatoms. The van der Waals surface area contributed by atoms with Crippen LogP contribution in [0.4, 0.5) is 0 Å². The highest BCUT2D eigenvalue weighted by molar-refractivity contribution is 6.02. The lowest BCUT2D eigenvalue weighted by atomic mass is 9.84. The third-order valence-electron chi connectivity index (χ3n) is 8.93. The molecular weight excluding hydrogens is 516 g/mol. The van der Waals surface area contributed by atoms with Crippen molar-refractivity contribution in [1.29, 1.82) is 0 Å². The van der Waals surface area contributed by atoms with Gasteiger partial charge in [-0.2, -0.15) is 0 Å². The smallest absolute Gasteiger partial charge is 0.228 e. The number of hydrogen-bond donors (Lipinski definition) is 0. The Balaban J connectivity index is 1.22. The van der Waals surface area contributed by atoms with E-state index in [1.165, 1.54) is 54.0 Å². The molecule has 5 aromatic carbocycles. The molecule has 0 aromatic heterocycles. The van der Waals surface area contributed by atoms with Crippen molar-refractivity contribution in [2.45, 2.75) is 70.5 Å². The topological polar surface area (TPSA) is 27.7 Å². The summed E-state index contributed by atoms with van der Waals surface area (Å²) in [6.45, 7) is 5.32. The molecule has 1 aliphatic rings. The predicted octanol–water partition coefficient (Wildman–Crippen LogP) is 10.7. The quantitative estimate of drug-likeness (QED) is 0.0917. The molecule has 0 radical (unpaired) electrons. The lowest BCUT2D eigenvalue weighted by molar-refractivity contribution is -0.0884. The Morgan fingerprint density at radius 1 is 0.690 bits per heavy atom. The summed E-state index contributed by atoms with van der Waals surface area (Å²) in [6.07, 6.45) is 7.19. The van der Waals surface area contributed by atoms with E-state index in [1.807, 2.05) is 0 Å². The van der Waals surface area contributed by atoms with Crippen molar-refractivity contribution in [3.63, 3.8) is 0 Å². The largest absolute Gasteiger partial charge is 0.491 e. The highest BCUT2D eigenvalue weighted by Gasteiger charge is 2.21. The van der Waals surface area contributed by atoms with E-state index in [-0.39, 0.29) is 0 Å². The van der Waals surface area contributed by atoms with E-state index in [4.69, 9.17) is 14.2 Å². The zero-order valence-electron chi connectivity index (χ0n) is 24.9. The lowest BCUT2D eigenvalue weighted by Crippen LogP contribution is -2.17. The predicted molar refractivity (Wildman–Crippen MR) is 174 cm³/mol. The maximum Gasteiger partial charge on any atom is 0.228 e.